The molecule has 8 nitrogen and oxygen atoms in total. The fourth-order valence-electron chi connectivity index (χ4n) is 6.05. The Balaban J connectivity index is 1.68. The van der Waals surface area contributed by atoms with Crippen molar-refractivity contribution in [3.05, 3.63) is 107 Å². The Hall–Kier alpha value is -4.46. The highest BCUT2D eigenvalue weighted by Gasteiger charge is 2.63. The first-order valence-corrected chi connectivity index (χ1v) is 11.7. The van der Waals surface area contributed by atoms with Gasteiger partial charge in [-0.2, -0.15) is 0 Å². The smallest absolute Gasteiger partial charge is 0.311 e. The predicted molar refractivity (Wildman–Crippen MR) is 130 cm³/mol. The predicted octanol–water partition coefficient (Wildman–Crippen LogP) is 1.93. The quantitative estimate of drug-likeness (QED) is 0.245. The minimum atomic E-state index is -1.06. The molecule has 2 bridgehead atoms. The van der Waals surface area contributed by atoms with Crippen molar-refractivity contribution in [1.29, 1.82) is 0 Å². The lowest BCUT2D eigenvalue weighted by Crippen LogP contribution is -2.63. The molecule has 2 atom stereocenters. The number of hydrazine groups is 1. The maximum absolute atomic E-state index is 13.8. The Morgan fingerprint density at radius 2 is 1.44 bits per heavy atom. The molecule has 3 aromatic rings. The molecule has 0 saturated heterocycles. The van der Waals surface area contributed by atoms with E-state index >= 15 is 0 Å². The van der Waals surface area contributed by atoms with E-state index in [-0.39, 0.29) is 13.2 Å². The second-order valence-electron chi connectivity index (χ2n) is 8.97. The van der Waals surface area contributed by atoms with Crippen molar-refractivity contribution >= 4 is 24.7 Å². The van der Waals surface area contributed by atoms with Crippen molar-refractivity contribution in [1.82, 2.24) is 16.2 Å². The van der Waals surface area contributed by atoms with Crippen molar-refractivity contribution in [3.63, 3.8) is 0 Å². The summed E-state index contributed by atoms with van der Waals surface area (Å²) in [6.45, 7) is 0.144. The largest absolute Gasteiger partial charge is 0.461 e. The summed E-state index contributed by atoms with van der Waals surface area (Å²) < 4.78 is 5.79. The average Bonchev–Trinajstić information content (AvgIpc) is 2.93. The topological polar surface area (TPSA) is 114 Å². The number of carbonyl (C=O) groups is 4. The Kier molecular flexibility index (Phi) is 6.25. The summed E-state index contributed by atoms with van der Waals surface area (Å²) >= 11 is 0. The molecular weight excluding hydrogens is 458 g/mol. The second-order valence-corrected chi connectivity index (χ2v) is 8.97. The first-order chi connectivity index (χ1) is 17.6. The van der Waals surface area contributed by atoms with E-state index in [0.717, 1.165) is 27.8 Å². The van der Waals surface area contributed by atoms with Gasteiger partial charge in [-0.1, -0.05) is 78.9 Å². The Labute approximate surface area is 208 Å². The lowest BCUT2D eigenvalue weighted by atomic mass is 9.46. The van der Waals surface area contributed by atoms with E-state index in [1.807, 2.05) is 78.9 Å². The number of ether oxygens (including phenoxy) is 1. The van der Waals surface area contributed by atoms with Crippen LogP contribution in [0.25, 0.3) is 0 Å². The van der Waals surface area contributed by atoms with Crippen LogP contribution < -0.4 is 16.2 Å². The third-order valence-corrected chi connectivity index (χ3v) is 7.30. The molecule has 36 heavy (non-hydrogen) atoms. The molecule has 0 heterocycles. The van der Waals surface area contributed by atoms with Crippen LogP contribution in [0.15, 0.2) is 78.9 Å². The van der Waals surface area contributed by atoms with Gasteiger partial charge in [0.25, 0.3) is 0 Å². The van der Waals surface area contributed by atoms with E-state index < -0.39 is 35.0 Å². The zero-order valence-electron chi connectivity index (χ0n) is 19.3. The van der Waals surface area contributed by atoms with Crippen LogP contribution in [0.2, 0.25) is 0 Å². The molecule has 3 aliphatic rings. The Morgan fingerprint density at radius 3 is 2.06 bits per heavy atom. The third kappa shape index (κ3) is 3.62. The standard InChI is InChI=1S/C28H25N3O5/c32-16-29-15-28-21-12-6-4-10-19(21)23(20-11-5-7-13-22(20)28)24(25(28)26(34)31-30-17-33)27(35)36-14-18-8-2-1-3-9-18/h1-13,16-17,23-25H,14-15H2,(H,29,32)(H,30,33)(H,31,34). The van der Waals surface area contributed by atoms with Crippen LogP contribution in [0, 0.1) is 11.8 Å². The van der Waals surface area contributed by atoms with Gasteiger partial charge in [0.15, 0.2) is 0 Å². The summed E-state index contributed by atoms with van der Waals surface area (Å²) in [6, 6.07) is 24.7. The molecule has 0 aliphatic heterocycles. The highest BCUT2D eigenvalue weighted by molar-refractivity contribution is 5.92. The minimum absolute atomic E-state index is 0.0622. The number of rotatable bonds is 9. The van der Waals surface area contributed by atoms with Gasteiger partial charge in [0, 0.05) is 12.5 Å². The number of hydrogen-bond donors (Lipinski definition) is 3. The molecule has 3 amide bonds. The van der Waals surface area contributed by atoms with Crippen molar-refractivity contribution in [2.45, 2.75) is 17.9 Å². The zero-order chi connectivity index (χ0) is 25.1. The van der Waals surface area contributed by atoms with E-state index in [0.29, 0.717) is 12.8 Å². The number of nitrogens with one attached hydrogen (secondary N) is 3. The number of hydrogen-bond acceptors (Lipinski definition) is 5. The molecule has 3 aliphatic carbocycles. The van der Waals surface area contributed by atoms with E-state index in [2.05, 4.69) is 16.2 Å². The van der Waals surface area contributed by atoms with Crippen LogP contribution in [0.3, 0.4) is 0 Å². The molecule has 0 fully saturated rings. The summed E-state index contributed by atoms with van der Waals surface area (Å²) in [4.78, 5) is 50.0. The van der Waals surface area contributed by atoms with E-state index in [9.17, 15) is 19.2 Å². The zero-order valence-corrected chi connectivity index (χ0v) is 19.3. The van der Waals surface area contributed by atoms with E-state index in [1.165, 1.54) is 0 Å². The van der Waals surface area contributed by atoms with Gasteiger partial charge in [-0.25, -0.2) is 0 Å². The molecule has 3 aromatic carbocycles. The maximum Gasteiger partial charge on any atom is 0.311 e. The lowest BCUT2D eigenvalue weighted by molar-refractivity contribution is -0.158. The average molecular weight is 484 g/mol. The normalized spacial score (nSPS) is 22.9. The van der Waals surface area contributed by atoms with Gasteiger partial charge in [0.1, 0.15) is 6.61 Å². The van der Waals surface area contributed by atoms with Crippen LogP contribution in [0.5, 0.6) is 0 Å². The van der Waals surface area contributed by atoms with E-state index in [1.54, 1.807) is 0 Å². The summed E-state index contributed by atoms with van der Waals surface area (Å²) in [5.74, 6) is -3.35. The molecule has 0 aromatic heterocycles. The van der Waals surface area contributed by atoms with Gasteiger partial charge in [-0.15, -0.1) is 0 Å². The van der Waals surface area contributed by atoms with Gasteiger partial charge in [0.2, 0.25) is 18.7 Å². The number of fused-ring (bicyclic) bond motifs is 1. The van der Waals surface area contributed by atoms with Gasteiger partial charge in [0.05, 0.1) is 17.3 Å². The fourth-order valence-corrected chi connectivity index (χ4v) is 6.05. The van der Waals surface area contributed by atoms with Crippen molar-refractivity contribution in [2.75, 3.05) is 6.54 Å². The molecule has 3 N–H and O–H groups in total. The van der Waals surface area contributed by atoms with Crippen LogP contribution >= 0.6 is 0 Å². The lowest BCUT2D eigenvalue weighted by Gasteiger charge is -2.56. The molecule has 2 unspecified atom stereocenters. The van der Waals surface area contributed by atoms with Gasteiger partial charge in [-0.3, -0.25) is 30.0 Å². The highest BCUT2D eigenvalue weighted by atomic mass is 16.5. The summed E-state index contributed by atoms with van der Waals surface area (Å²) in [5, 5.41) is 2.77. The van der Waals surface area contributed by atoms with Crippen LogP contribution in [-0.2, 0) is 35.9 Å². The Morgan fingerprint density at radius 1 is 0.833 bits per heavy atom. The van der Waals surface area contributed by atoms with Gasteiger partial charge < -0.3 is 10.1 Å². The number of amides is 3. The van der Waals surface area contributed by atoms with Gasteiger partial charge in [-0.05, 0) is 27.8 Å². The molecule has 182 valence electrons. The van der Waals surface area contributed by atoms with E-state index in [4.69, 9.17) is 4.74 Å². The molecular formula is C28H25N3O5. The first kappa shape index (κ1) is 23.3. The van der Waals surface area contributed by atoms with Crippen molar-refractivity contribution in [3.8, 4) is 0 Å². The highest BCUT2D eigenvalue weighted by Crippen LogP contribution is 2.61. The number of benzene rings is 3. The summed E-state index contributed by atoms with van der Waals surface area (Å²) in [5.41, 5.74) is 7.97. The van der Waals surface area contributed by atoms with Crippen LogP contribution in [0.4, 0.5) is 0 Å². The molecule has 0 radical (unpaired) electrons. The molecule has 8 heteroatoms. The second kappa shape index (κ2) is 9.65. The fraction of sp³-hybridized carbons (Fsp3) is 0.214. The minimum Gasteiger partial charge on any atom is -0.461 e. The molecule has 6 rings (SSSR count). The Bertz CT molecular complexity index is 1260. The van der Waals surface area contributed by atoms with Crippen LogP contribution in [0.1, 0.15) is 33.7 Å². The first-order valence-electron chi connectivity index (χ1n) is 11.7. The SMILES string of the molecule is O=CNCC12c3ccccc3C(c3ccccc31)C(C(=O)OCc1ccccc1)C2C(=O)NNC=O. The number of carbonyl (C=O) groups excluding carboxylic acids is 4. The summed E-state index contributed by atoms with van der Waals surface area (Å²) in [6.07, 6.45) is 0.946. The van der Waals surface area contributed by atoms with Gasteiger partial charge >= 0.3 is 5.97 Å². The van der Waals surface area contributed by atoms with Crippen molar-refractivity contribution in [2.24, 2.45) is 11.8 Å². The molecule has 0 saturated carbocycles. The monoisotopic (exact) mass is 483 g/mol. The third-order valence-electron chi connectivity index (χ3n) is 7.30. The number of esters is 1. The van der Waals surface area contributed by atoms with Crippen LogP contribution in [-0.4, -0.2) is 31.2 Å². The summed E-state index contributed by atoms with van der Waals surface area (Å²) in [7, 11) is 0. The maximum atomic E-state index is 13.8. The van der Waals surface area contributed by atoms with Crippen molar-refractivity contribution < 1.29 is 23.9 Å². The molecule has 0 spiro atoms.